The summed E-state index contributed by atoms with van der Waals surface area (Å²) in [5.41, 5.74) is 1.02. The van der Waals surface area contributed by atoms with Gasteiger partial charge >= 0.3 is 6.03 Å². The molecule has 0 aliphatic carbocycles. The van der Waals surface area contributed by atoms with E-state index < -0.39 is 0 Å². The number of carbonyl (C=O) groups is 1. The lowest BCUT2D eigenvalue weighted by molar-refractivity contribution is 0.0528. The van der Waals surface area contributed by atoms with Crippen molar-refractivity contribution in [2.75, 3.05) is 46.4 Å². The number of aliphatic hydroxyl groups excluding tert-OH is 1. The van der Waals surface area contributed by atoms with Gasteiger partial charge in [-0.2, -0.15) is 0 Å². The van der Waals surface area contributed by atoms with Crippen LogP contribution >= 0.6 is 23.2 Å². The highest BCUT2D eigenvalue weighted by molar-refractivity contribution is 6.42. The number of hydrogen-bond acceptors (Lipinski definition) is 4. The van der Waals surface area contributed by atoms with Gasteiger partial charge < -0.3 is 25.4 Å². The molecule has 2 atom stereocenters. The molecule has 0 aromatic heterocycles. The number of hydrogen-bond donors (Lipinski definition) is 3. The van der Waals surface area contributed by atoms with Gasteiger partial charge in [0.2, 0.25) is 0 Å². The molecule has 1 aliphatic heterocycles. The van der Waals surface area contributed by atoms with Crippen molar-refractivity contribution in [2.45, 2.75) is 12.0 Å². The molecule has 0 spiro atoms. The Bertz CT molecular complexity index is 559. The van der Waals surface area contributed by atoms with Gasteiger partial charge in [-0.05, 0) is 17.7 Å². The van der Waals surface area contributed by atoms with Crippen LogP contribution < -0.4 is 10.6 Å². The number of benzene rings is 1. The van der Waals surface area contributed by atoms with Crippen molar-refractivity contribution in [1.82, 2.24) is 15.5 Å². The Morgan fingerprint density at radius 2 is 2.25 bits per heavy atom. The highest BCUT2D eigenvalue weighted by Gasteiger charge is 2.27. The lowest BCUT2D eigenvalue weighted by Crippen LogP contribution is -2.44. The van der Waals surface area contributed by atoms with Gasteiger partial charge in [-0.15, -0.1) is 0 Å². The summed E-state index contributed by atoms with van der Waals surface area (Å²) in [5.74, 6) is 0.0470. The summed E-state index contributed by atoms with van der Waals surface area (Å²) in [7, 11) is 1.64. The van der Waals surface area contributed by atoms with Crippen molar-refractivity contribution >= 4 is 29.2 Å². The maximum atomic E-state index is 12.0. The average Bonchev–Trinajstić information content (AvgIpc) is 2.80. The van der Waals surface area contributed by atoms with E-state index in [4.69, 9.17) is 33.0 Å². The van der Waals surface area contributed by atoms with E-state index in [9.17, 15) is 4.79 Å². The third kappa shape index (κ3) is 5.22. The molecule has 2 rings (SSSR count). The monoisotopic (exact) mass is 375 g/mol. The molecule has 1 heterocycles. The largest absolute Gasteiger partial charge is 0.395 e. The van der Waals surface area contributed by atoms with Crippen molar-refractivity contribution in [1.29, 1.82) is 0 Å². The van der Waals surface area contributed by atoms with Gasteiger partial charge in [-0.1, -0.05) is 29.3 Å². The molecule has 0 bridgehead atoms. The van der Waals surface area contributed by atoms with Crippen LogP contribution in [0.25, 0.3) is 0 Å². The molecule has 3 N–H and O–H groups in total. The Labute approximate surface area is 152 Å². The molecule has 6 nitrogen and oxygen atoms in total. The fourth-order valence-electron chi connectivity index (χ4n) is 2.64. The summed E-state index contributed by atoms with van der Waals surface area (Å²) in [5, 5.41) is 16.1. The first kappa shape index (κ1) is 19.3. The maximum Gasteiger partial charge on any atom is 0.317 e. The number of carbonyl (C=O) groups excluding carboxylic acids is 1. The normalized spacial score (nSPS) is 21.2. The van der Waals surface area contributed by atoms with Crippen LogP contribution in [0, 0.1) is 0 Å². The van der Waals surface area contributed by atoms with E-state index in [0.717, 1.165) is 18.7 Å². The fraction of sp³-hybridized carbons (Fsp3) is 0.562. The molecule has 2 amide bonds. The first-order valence-electron chi connectivity index (χ1n) is 7.90. The SMILES string of the molecule is CN(CCO)C(=O)NC[C@H]1OCCNC[C@H]1c1ccc(Cl)c(Cl)c1. The first-order chi connectivity index (χ1) is 11.5. The maximum absolute atomic E-state index is 12.0. The number of nitrogens with one attached hydrogen (secondary N) is 2. The van der Waals surface area contributed by atoms with Crippen molar-refractivity contribution in [3.8, 4) is 0 Å². The molecule has 0 saturated carbocycles. The third-order valence-electron chi connectivity index (χ3n) is 4.03. The van der Waals surface area contributed by atoms with Crippen LogP contribution in [0.4, 0.5) is 4.79 Å². The number of halogens is 2. The molecule has 0 radical (unpaired) electrons. The number of ether oxygens (including phenoxy) is 1. The Kier molecular flexibility index (Phi) is 7.58. The second-order valence-corrected chi connectivity index (χ2v) is 6.54. The standard InChI is InChI=1S/C16H23Cl2N3O3/c1-21(5-6-22)16(23)20-10-15-12(9-19-4-7-24-15)11-2-3-13(17)14(18)8-11/h2-3,8,12,15,19,22H,4-7,9-10H2,1H3,(H,20,23)/t12-,15+/m0/s1. The number of amides is 2. The minimum Gasteiger partial charge on any atom is -0.395 e. The van der Waals surface area contributed by atoms with Crippen molar-refractivity contribution < 1.29 is 14.6 Å². The van der Waals surface area contributed by atoms with Crippen LogP contribution in [0.5, 0.6) is 0 Å². The van der Waals surface area contributed by atoms with Gasteiger partial charge in [-0.25, -0.2) is 4.79 Å². The van der Waals surface area contributed by atoms with E-state index in [0.29, 0.717) is 23.2 Å². The second-order valence-electron chi connectivity index (χ2n) is 5.72. The summed E-state index contributed by atoms with van der Waals surface area (Å²) in [6, 6.07) is 5.31. The number of rotatable bonds is 5. The van der Waals surface area contributed by atoms with Crippen LogP contribution in [-0.4, -0.2) is 68.6 Å². The molecule has 1 fully saturated rings. The highest BCUT2D eigenvalue weighted by Crippen LogP contribution is 2.29. The van der Waals surface area contributed by atoms with Gasteiger partial charge in [0, 0.05) is 39.1 Å². The zero-order chi connectivity index (χ0) is 17.5. The molecule has 134 valence electrons. The van der Waals surface area contributed by atoms with E-state index in [1.54, 1.807) is 13.1 Å². The van der Waals surface area contributed by atoms with Gasteiger partial charge in [0.25, 0.3) is 0 Å². The van der Waals surface area contributed by atoms with Crippen LogP contribution in [0.3, 0.4) is 0 Å². The number of urea groups is 1. The van der Waals surface area contributed by atoms with Crippen LogP contribution in [0.2, 0.25) is 10.0 Å². The molecule has 8 heteroatoms. The van der Waals surface area contributed by atoms with Crippen LogP contribution in [0.1, 0.15) is 11.5 Å². The lowest BCUT2D eigenvalue weighted by Gasteiger charge is -2.27. The second kappa shape index (κ2) is 9.44. The van der Waals surface area contributed by atoms with E-state index in [2.05, 4.69) is 10.6 Å². The molecule has 1 saturated heterocycles. The summed E-state index contributed by atoms with van der Waals surface area (Å²) in [6.45, 7) is 2.65. The van der Waals surface area contributed by atoms with E-state index in [1.807, 2.05) is 12.1 Å². The van der Waals surface area contributed by atoms with Crippen molar-refractivity contribution in [2.24, 2.45) is 0 Å². The zero-order valence-corrected chi connectivity index (χ0v) is 15.1. The predicted octanol–water partition coefficient (Wildman–Crippen LogP) is 1.70. The van der Waals surface area contributed by atoms with Gasteiger partial charge in [0.05, 0.1) is 29.4 Å². The van der Waals surface area contributed by atoms with Crippen molar-refractivity contribution in [3.05, 3.63) is 33.8 Å². The first-order valence-corrected chi connectivity index (χ1v) is 8.65. The number of aliphatic hydroxyl groups is 1. The average molecular weight is 376 g/mol. The number of nitrogens with zero attached hydrogens (tertiary/aromatic N) is 1. The van der Waals surface area contributed by atoms with Gasteiger partial charge in [0.1, 0.15) is 0 Å². The smallest absolute Gasteiger partial charge is 0.317 e. The highest BCUT2D eigenvalue weighted by atomic mass is 35.5. The Morgan fingerprint density at radius 1 is 1.46 bits per heavy atom. The molecule has 1 aliphatic rings. The summed E-state index contributed by atoms with van der Waals surface area (Å²) in [6.07, 6.45) is -0.177. The predicted molar refractivity (Wildman–Crippen MR) is 94.9 cm³/mol. The van der Waals surface area contributed by atoms with E-state index in [1.165, 1.54) is 4.90 Å². The van der Waals surface area contributed by atoms with Gasteiger partial charge in [0.15, 0.2) is 0 Å². The minimum absolute atomic E-state index is 0.0470. The number of likely N-dealkylation sites (N-methyl/N-ethyl adjacent to an activating group) is 1. The molecule has 24 heavy (non-hydrogen) atoms. The molecule has 1 aromatic rings. The molecule has 0 unspecified atom stereocenters. The van der Waals surface area contributed by atoms with Crippen LogP contribution in [0.15, 0.2) is 18.2 Å². The van der Waals surface area contributed by atoms with Gasteiger partial charge in [-0.3, -0.25) is 0 Å². The third-order valence-corrected chi connectivity index (χ3v) is 4.77. The van der Waals surface area contributed by atoms with E-state index in [-0.39, 0.29) is 31.2 Å². The zero-order valence-electron chi connectivity index (χ0n) is 13.6. The topological polar surface area (TPSA) is 73.8 Å². The quantitative estimate of drug-likeness (QED) is 0.732. The Hall–Kier alpha value is -1.05. The summed E-state index contributed by atoms with van der Waals surface area (Å²) in [4.78, 5) is 13.4. The van der Waals surface area contributed by atoms with E-state index >= 15 is 0 Å². The summed E-state index contributed by atoms with van der Waals surface area (Å²) >= 11 is 12.1. The fourth-order valence-corrected chi connectivity index (χ4v) is 2.95. The van der Waals surface area contributed by atoms with Crippen LogP contribution in [-0.2, 0) is 4.74 Å². The Balaban J connectivity index is 2.06. The molecular weight excluding hydrogens is 353 g/mol. The van der Waals surface area contributed by atoms with Crippen molar-refractivity contribution in [3.63, 3.8) is 0 Å². The Morgan fingerprint density at radius 3 is 2.96 bits per heavy atom. The minimum atomic E-state index is -0.238. The molecule has 1 aromatic carbocycles. The summed E-state index contributed by atoms with van der Waals surface area (Å²) < 4.78 is 5.91. The lowest BCUT2D eigenvalue weighted by atomic mass is 9.93. The molecular formula is C16H23Cl2N3O3.